The van der Waals surface area contributed by atoms with Crippen LogP contribution >= 0.6 is 38.9 Å². The van der Waals surface area contributed by atoms with Crippen LogP contribution in [0.15, 0.2) is 45.4 Å². The first kappa shape index (κ1) is 11.9. The Morgan fingerprint density at radius 1 is 1.22 bits per heavy atom. The van der Waals surface area contributed by atoms with Gasteiger partial charge in [0.1, 0.15) is 0 Å². The molecule has 0 N–H and O–H groups in total. The van der Waals surface area contributed by atoms with E-state index in [-0.39, 0.29) is 0 Å². The van der Waals surface area contributed by atoms with Gasteiger partial charge in [0.25, 0.3) is 5.89 Å². The van der Waals surface area contributed by atoms with Crippen LogP contribution in [0.4, 0.5) is 0 Å². The zero-order chi connectivity index (χ0) is 12.5. The van der Waals surface area contributed by atoms with Crippen LogP contribution in [-0.4, -0.2) is 10.1 Å². The topological polar surface area (TPSA) is 38.9 Å². The van der Waals surface area contributed by atoms with E-state index in [4.69, 9.17) is 16.1 Å². The first-order valence-electron chi connectivity index (χ1n) is 5.08. The number of halogens is 2. The maximum atomic E-state index is 5.88. The average Bonchev–Trinajstić information content (AvgIpc) is 2.97. The summed E-state index contributed by atoms with van der Waals surface area (Å²) in [4.78, 5) is 5.23. The van der Waals surface area contributed by atoms with Crippen molar-refractivity contribution in [2.24, 2.45) is 0 Å². The van der Waals surface area contributed by atoms with Gasteiger partial charge >= 0.3 is 0 Å². The summed E-state index contributed by atoms with van der Waals surface area (Å²) in [5.41, 5.74) is 0.905. The maximum absolute atomic E-state index is 5.88. The molecule has 2 heterocycles. The molecule has 0 aliphatic heterocycles. The molecule has 0 amide bonds. The third-order valence-corrected chi connectivity index (χ3v) is 4.01. The summed E-state index contributed by atoms with van der Waals surface area (Å²) in [6.45, 7) is 0. The Hall–Kier alpha value is -1.17. The van der Waals surface area contributed by atoms with Gasteiger partial charge < -0.3 is 4.52 Å². The Bertz CT molecular complexity index is 695. The van der Waals surface area contributed by atoms with Crippen LogP contribution in [0, 0.1) is 0 Å². The largest absolute Gasteiger partial charge is 0.333 e. The second-order valence-electron chi connectivity index (χ2n) is 3.54. The van der Waals surface area contributed by atoms with Crippen LogP contribution in [0.3, 0.4) is 0 Å². The molecule has 0 aliphatic carbocycles. The molecule has 0 radical (unpaired) electrons. The van der Waals surface area contributed by atoms with Crippen molar-refractivity contribution in [3.05, 3.63) is 45.2 Å². The van der Waals surface area contributed by atoms with Crippen molar-refractivity contribution in [3.63, 3.8) is 0 Å². The van der Waals surface area contributed by atoms with Crippen LogP contribution in [0.25, 0.3) is 22.2 Å². The molecule has 0 spiro atoms. The van der Waals surface area contributed by atoms with Crippen molar-refractivity contribution in [2.75, 3.05) is 0 Å². The molecule has 18 heavy (non-hydrogen) atoms. The number of hydrogen-bond acceptors (Lipinski definition) is 4. The van der Waals surface area contributed by atoms with Gasteiger partial charge in [0, 0.05) is 10.0 Å². The predicted molar refractivity (Wildman–Crippen MR) is 75.8 cm³/mol. The minimum Gasteiger partial charge on any atom is -0.333 e. The van der Waals surface area contributed by atoms with Gasteiger partial charge in [-0.25, -0.2) is 0 Å². The SMILES string of the molecule is Clc1ccc(-c2nc(-c3cccc(Br)c3)no2)s1. The van der Waals surface area contributed by atoms with E-state index in [9.17, 15) is 0 Å². The number of benzene rings is 1. The van der Waals surface area contributed by atoms with Gasteiger partial charge in [-0.05, 0) is 24.3 Å². The fourth-order valence-corrected chi connectivity index (χ4v) is 2.86. The summed E-state index contributed by atoms with van der Waals surface area (Å²) in [7, 11) is 0. The lowest BCUT2D eigenvalue weighted by atomic mass is 10.2. The zero-order valence-electron chi connectivity index (χ0n) is 8.93. The van der Waals surface area contributed by atoms with E-state index in [0.717, 1.165) is 14.9 Å². The number of rotatable bonds is 2. The Balaban J connectivity index is 1.99. The summed E-state index contributed by atoms with van der Waals surface area (Å²) >= 11 is 10.7. The standard InChI is InChI=1S/C12H6BrClN2OS/c13-8-3-1-2-7(6-8)11-15-12(17-16-11)9-4-5-10(14)18-9/h1-6H. The maximum Gasteiger partial charge on any atom is 0.268 e. The molecule has 3 nitrogen and oxygen atoms in total. The van der Waals surface area contributed by atoms with Gasteiger partial charge in [0.2, 0.25) is 5.82 Å². The summed E-state index contributed by atoms with van der Waals surface area (Å²) in [5.74, 6) is 1.05. The van der Waals surface area contributed by atoms with Crippen LogP contribution < -0.4 is 0 Å². The van der Waals surface area contributed by atoms with Gasteiger partial charge in [0.15, 0.2) is 0 Å². The molecule has 1 aromatic carbocycles. The summed E-state index contributed by atoms with van der Waals surface area (Å²) in [5, 5.41) is 3.97. The van der Waals surface area contributed by atoms with Crippen molar-refractivity contribution < 1.29 is 4.52 Å². The van der Waals surface area contributed by atoms with Gasteiger partial charge in [-0.2, -0.15) is 4.98 Å². The number of nitrogens with zero attached hydrogens (tertiary/aromatic N) is 2. The fourth-order valence-electron chi connectivity index (χ4n) is 1.50. The minimum absolute atomic E-state index is 0.488. The smallest absolute Gasteiger partial charge is 0.268 e. The van der Waals surface area contributed by atoms with Crippen LogP contribution in [0.1, 0.15) is 0 Å². The third kappa shape index (κ3) is 2.34. The highest BCUT2D eigenvalue weighted by molar-refractivity contribution is 9.10. The quantitative estimate of drug-likeness (QED) is 0.667. The first-order valence-corrected chi connectivity index (χ1v) is 7.06. The highest BCUT2D eigenvalue weighted by Crippen LogP contribution is 2.31. The summed E-state index contributed by atoms with van der Waals surface area (Å²) < 4.78 is 6.91. The molecule has 6 heteroatoms. The molecule has 0 aliphatic rings. The lowest BCUT2D eigenvalue weighted by molar-refractivity contribution is 0.433. The van der Waals surface area contributed by atoms with Crippen molar-refractivity contribution in [1.82, 2.24) is 10.1 Å². The highest BCUT2D eigenvalue weighted by Gasteiger charge is 2.12. The molecule has 2 aromatic heterocycles. The van der Waals surface area contributed by atoms with Gasteiger partial charge in [0.05, 0.1) is 9.21 Å². The summed E-state index contributed by atoms with van der Waals surface area (Å²) in [6, 6.07) is 11.4. The van der Waals surface area contributed by atoms with Gasteiger partial charge in [-0.15, -0.1) is 11.3 Å². The van der Waals surface area contributed by atoms with Crippen LogP contribution in [0.5, 0.6) is 0 Å². The van der Waals surface area contributed by atoms with Gasteiger partial charge in [-0.3, -0.25) is 0 Å². The van der Waals surface area contributed by atoms with Crippen molar-refractivity contribution in [3.8, 4) is 22.2 Å². The molecule has 0 atom stereocenters. The number of hydrogen-bond donors (Lipinski definition) is 0. The molecule has 90 valence electrons. The van der Waals surface area contributed by atoms with Crippen molar-refractivity contribution in [2.45, 2.75) is 0 Å². The van der Waals surface area contributed by atoms with E-state index >= 15 is 0 Å². The summed E-state index contributed by atoms with van der Waals surface area (Å²) in [6.07, 6.45) is 0. The zero-order valence-corrected chi connectivity index (χ0v) is 12.1. The Morgan fingerprint density at radius 2 is 2.11 bits per heavy atom. The second-order valence-corrected chi connectivity index (χ2v) is 6.17. The lowest BCUT2D eigenvalue weighted by Crippen LogP contribution is -1.80. The molecule has 0 fully saturated rings. The van der Waals surface area contributed by atoms with E-state index in [2.05, 4.69) is 26.1 Å². The Morgan fingerprint density at radius 3 is 2.83 bits per heavy atom. The van der Waals surface area contributed by atoms with Crippen LogP contribution in [0.2, 0.25) is 4.34 Å². The normalized spacial score (nSPS) is 10.8. The van der Waals surface area contributed by atoms with Crippen LogP contribution in [-0.2, 0) is 0 Å². The first-order chi connectivity index (χ1) is 8.72. The van der Waals surface area contributed by atoms with E-state index in [1.165, 1.54) is 11.3 Å². The van der Waals surface area contributed by atoms with E-state index in [1.807, 2.05) is 36.4 Å². The van der Waals surface area contributed by atoms with E-state index in [0.29, 0.717) is 16.1 Å². The van der Waals surface area contributed by atoms with Crippen molar-refractivity contribution >= 4 is 38.9 Å². The lowest BCUT2D eigenvalue weighted by Gasteiger charge is -1.93. The molecular weight excluding hydrogens is 336 g/mol. The second kappa shape index (κ2) is 4.84. The molecule has 0 saturated heterocycles. The fraction of sp³-hybridized carbons (Fsp3) is 0. The molecule has 0 unspecified atom stereocenters. The molecule has 0 saturated carbocycles. The van der Waals surface area contributed by atoms with E-state index < -0.39 is 0 Å². The number of thiophene rings is 1. The predicted octanol–water partition coefficient (Wildman–Crippen LogP) is 4.88. The molecule has 3 aromatic rings. The van der Waals surface area contributed by atoms with Gasteiger partial charge in [-0.1, -0.05) is 44.8 Å². The van der Waals surface area contributed by atoms with Crippen molar-refractivity contribution in [1.29, 1.82) is 0 Å². The number of aromatic nitrogens is 2. The average molecular weight is 342 g/mol. The minimum atomic E-state index is 0.488. The third-order valence-electron chi connectivity index (χ3n) is 2.29. The Labute approximate surface area is 121 Å². The molecular formula is C12H6BrClN2OS. The monoisotopic (exact) mass is 340 g/mol. The molecule has 3 rings (SSSR count). The highest BCUT2D eigenvalue weighted by atomic mass is 79.9. The van der Waals surface area contributed by atoms with E-state index in [1.54, 1.807) is 0 Å². The Kier molecular flexibility index (Phi) is 3.20. The molecule has 0 bridgehead atoms.